The fraction of sp³-hybridized carbons (Fsp3) is 0.700. The van der Waals surface area contributed by atoms with Crippen molar-refractivity contribution in [1.29, 1.82) is 0 Å². The SMILES string of the molecule is C=C1CCCN1C(CC)C(C)=O. The highest BCUT2D eigenvalue weighted by Crippen LogP contribution is 2.23. The average Bonchev–Trinajstić information content (AvgIpc) is 2.38. The van der Waals surface area contributed by atoms with Crippen LogP contribution in [0.1, 0.15) is 33.1 Å². The lowest BCUT2D eigenvalue weighted by Gasteiger charge is -2.27. The standard InChI is InChI=1S/C10H17NO/c1-4-10(9(3)12)11-7-5-6-8(11)2/h10H,2,4-7H2,1,3H3. The first-order valence-electron chi connectivity index (χ1n) is 4.61. The number of allylic oxidation sites excluding steroid dienone is 1. The lowest BCUT2D eigenvalue weighted by atomic mass is 10.1. The van der Waals surface area contributed by atoms with Crippen molar-refractivity contribution in [2.24, 2.45) is 0 Å². The predicted molar refractivity (Wildman–Crippen MR) is 49.8 cm³/mol. The Balaban J connectivity index is 2.65. The molecule has 0 saturated carbocycles. The summed E-state index contributed by atoms with van der Waals surface area (Å²) in [6.45, 7) is 8.69. The molecule has 0 amide bonds. The molecule has 0 N–H and O–H groups in total. The molecule has 1 aliphatic rings. The van der Waals surface area contributed by atoms with Crippen LogP contribution in [0.2, 0.25) is 0 Å². The zero-order chi connectivity index (χ0) is 9.14. The maximum absolute atomic E-state index is 11.2. The Bertz CT molecular complexity index is 198. The molecular formula is C10H17NO. The van der Waals surface area contributed by atoms with Crippen LogP contribution in [0.3, 0.4) is 0 Å². The minimum atomic E-state index is 0.0833. The van der Waals surface area contributed by atoms with Gasteiger partial charge in [0.15, 0.2) is 5.78 Å². The molecular weight excluding hydrogens is 150 g/mol. The summed E-state index contributed by atoms with van der Waals surface area (Å²) in [5.41, 5.74) is 1.14. The van der Waals surface area contributed by atoms with E-state index >= 15 is 0 Å². The molecule has 12 heavy (non-hydrogen) atoms. The van der Waals surface area contributed by atoms with Gasteiger partial charge in [0.1, 0.15) is 0 Å². The third kappa shape index (κ3) is 1.68. The van der Waals surface area contributed by atoms with E-state index in [0.29, 0.717) is 0 Å². The summed E-state index contributed by atoms with van der Waals surface area (Å²) >= 11 is 0. The lowest BCUT2D eigenvalue weighted by molar-refractivity contribution is -0.121. The number of likely N-dealkylation sites (tertiary alicyclic amines) is 1. The number of hydrogen-bond acceptors (Lipinski definition) is 2. The topological polar surface area (TPSA) is 20.3 Å². The molecule has 1 fully saturated rings. The Morgan fingerprint density at radius 2 is 2.42 bits per heavy atom. The monoisotopic (exact) mass is 167 g/mol. The number of ketones is 1. The molecule has 1 saturated heterocycles. The molecule has 68 valence electrons. The molecule has 0 aromatic rings. The van der Waals surface area contributed by atoms with Crippen LogP contribution in [0.15, 0.2) is 12.3 Å². The lowest BCUT2D eigenvalue weighted by Crippen LogP contribution is -2.36. The Hall–Kier alpha value is -0.790. The van der Waals surface area contributed by atoms with E-state index in [-0.39, 0.29) is 11.8 Å². The highest BCUT2D eigenvalue weighted by molar-refractivity contribution is 5.81. The third-order valence-electron chi connectivity index (χ3n) is 2.50. The maximum Gasteiger partial charge on any atom is 0.152 e. The van der Waals surface area contributed by atoms with Gasteiger partial charge in [-0.05, 0) is 26.2 Å². The first-order chi connectivity index (χ1) is 5.66. The quantitative estimate of drug-likeness (QED) is 0.640. The van der Waals surface area contributed by atoms with Gasteiger partial charge in [-0.1, -0.05) is 13.5 Å². The van der Waals surface area contributed by atoms with Crippen molar-refractivity contribution in [3.05, 3.63) is 12.3 Å². The second-order valence-corrected chi connectivity index (χ2v) is 3.40. The Labute approximate surface area is 74.2 Å². The van der Waals surface area contributed by atoms with Gasteiger partial charge in [-0.3, -0.25) is 4.79 Å². The van der Waals surface area contributed by atoms with E-state index in [2.05, 4.69) is 18.4 Å². The van der Waals surface area contributed by atoms with E-state index < -0.39 is 0 Å². The number of rotatable bonds is 3. The largest absolute Gasteiger partial charge is 0.365 e. The number of Topliss-reactive ketones (excluding diaryl/α,β-unsaturated/α-hetero) is 1. The van der Waals surface area contributed by atoms with Crippen LogP contribution in [-0.2, 0) is 4.79 Å². The molecule has 0 aromatic heterocycles. The van der Waals surface area contributed by atoms with Gasteiger partial charge in [-0.15, -0.1) is 0 Å². The summed E-state index contributed by atoms with van der Waals surface area (Å²) in [5, 5.41) is 0. The summed E-state index contributed by atoms with van der Waals surface area (Å²) in [6.07, 6.45) is 3.11. The van der Waals surface area contributed by atoms with E-state index in [4.69, 9.17) is 0 Å². The van der Waals surface area contributed by atoms with Crippen LogP contribution in [0.5, 0.6) is 0 Å². The highest BCUT2D eigenvalue weighted by atomic mass is 16.1. The van der Waals surface area contributed by atoms with Crippen LogP contribution in [0.25, 0.3) is 0 Å². The van der Waals surface area contributed by atoms with E-state index in [0.717, 1.165) is 31.5 Å². The zero-order valence-corrected chi connectivity index (χ0v) is 7.97. The number of carbonyl (C=O) groups is 1. The second-order valence-electron chi connectivity index (χ2n) is 3.40. The smallest absolute Gasteiger partial charge is 0.152 e. The fourth-order valence-corrected chi connectivity index (χ4v) is 1.86. The van der Waals surface area contributed by atoms with Gasteiger partial charge in [0, 0.05) is 12.2 Å². The van der Waals surface area contributed by atoms with Crippen molar-refractivity contribution < 1.29 is 4.79 Å². The second kappa shape index (κ2) is 3.74. The van der Waals surface area contributed by atoms with Crippen molar-refractivity contribution in [1.82, 2.24) is 4.90 Å². The average molecular weight is 167 g/mol. The van der Waals surface area contributed by atoms with Crippen LogP contribution >= 0.6 is 0 Å². The maximum atomic E-state index is 11.2. The van der Waals surface area contributed by atoms with Crippen LogP contribution in [0.4, 0.5) is 0 Å². The molecule has 1 atom stereocenters. The molecule has 1 rings (SSSR count). The molecule has 0 aromatic carbocycles. The highest BCUT2D eigenvalue weighted by Gasteiger charge is 2.25. The van der Waals surface area contributed by atoms with Crippen LogP contribution in [0, 0.1) is 0 Å². The number of hydrogen-bond donors (Lipinski definition) is 0. The van der Waals surface area contributed by atoms with Crippen molar-refractivity contribution >= 4 is 5.78 Å². The first kappa shape index (κ1) is 9.30. The van der Waals surface area contributed by atoms with Gasteiger partial charge in [-0.25, -0.2) is 0 Å². The Morgan fingerprint density at radius 1 is 1.75 bits per heavy atom. The van der Waals surface area contributed by atoms with E-state index in [1.807, 2.05) is 0 Å². The molecule has 1 aliphatic heterocycles. The molecule has 1 unspecified atom stereocenters. The van der Waals surface area contributed by atoms with Crippen LogP contribution < -0.4 is 0 Å². The first-order valence-corrected chi connectivity index (χ1v) is 4.61. The van der Waals surface area contributed by atoms with Gasteiger partial charge in [0.05, 0.1) is 6.04 Å². The Morgan fingerprint density at radius 3 is 2.75 bits per heavy atom. The van der Waals surface area contributed by atoms with Gasteiger partial charge in [0.25, 0.3) is 0 Å². The molecule has 0 radical (unpaired) electrons. The summed E-state index contributed by atoms with van der Waals surface area (Å²) in [7, 11) is 0. The predicted octanol–water partition coefficient (Wildman–Crippen LogP) is 1.96. The van der Waals surface area contributed by atoms with Crippen LogP contribution in [-0.4, -0.2) is 23.3 Å². The molecule has 2 nitrogen and oxygen atoms in total. The summed E-state index contributed by atoms with van der Waals surface area (Å²) in [4.78, 5) is 13.4. The molecule has 0 aliphatic carbocycles. The van der Waals surface area contributed by atoms with E-state index in [1.165, 1.54) is 0 Å². The van der Waals surface area contributed by atoms with Gasteiger partial charge < -0.3 is 4.90 Å². The number of carbonyl (C=O) groups excluding carboxylic acids is 1. The molecule has 0 bridgehead atoms. The molecule has 2 heteroatoms. The molecule has 0 spiro atoms. The van der Waals surface area contributed by atoms with Crippen molar-refractivity contribution in [2.45, 2.75) is 39.2 Å². The fourth-order valence-electron chi connectivity index (χ4n) is 1.86. The molecule has 1 heterocycles. The minimum Gasteiger partial charge on any atom is -0.365 e. The summed E-state index contributed by atoms with van der Waals surface area (Å²) < 4.78 is 0. The van der Waals surface area contributed by atoms with Gasteiger partial charge in [0.2, 0.25) is 0 Å². The third-order valence-corrected chi connectivity index (χ3v) is 2.50. The number of nitrogens with zero attached hydrogens (tertiary/aromatic N) is 1. The minimum absolute atomic E-state index is 0.0833. The summed E-state index contributed by atoms with van der Waals surface area (Å²) in [5.74, 6) is 0.264. The van der Waals surface area contributed by atoms with Gasteiger partial charge >= 0.3 is 0 Å². The van der Waals surface area contributed by atoms with Crippen molar-refractivity contribution in [3.8, 4) is 0 Å². The van der Waals surface area contributed by atoms with E-state index in [9.17, 15) is 4.79 Å². The van der Waals surface area contributed by atoms with Gasteiger partial charge in [-0.2, -0.15) is 0 Å². The summed E-state index contributed by atoms with van der Waals surface area (Å²) in [6, 6.07) is 0.0833. The zero-order valence-electron chi connectivity index (χ0n) is 7.97. The van der Waals surface area contributed by atoms with E-state index in [1.54, 1.807) is 6.92 Å². The van der Waals surface area contributed by atoms with Crippen molar-refractivity contribution in [3.63, 3.8) is 0 Å². The Kier molecular flexibility index (Phi) is 2.90. The van der Waals surface area contributed by atoms with Crippen molar-refractivity contribution in [2.75, 3.05) is 6.54 Å². The normalized spacial score (nSPS) is 19.8.